The van der Waals surface area contributed by atoms with Crippen LogP contribution in [0.3, 0.4) is 0 Å². The van der Waals surface area contributed by atoms with Gasteiger partial charge in [0.15, 0.2) is 0 Å². The van der Waals surface area contributed by atoms with E-state index in [1.807, 2.05) is 4.90 Å². The normalized spacial score (nSPS) is 16.2. The lowest BCUT2D eigenvalue weighted by atomic mass is 10.2. The standard InChI is InChI=1S/C22H27NOSi/c1-25(20-12-5-2-6-13-20,21-14-7-3-8-15-21)19-11-18-23-17-10-4-9-16-22(23)24/h2-3,5-8,11-15,19H,4,9-10,16-18H2,1H3/b19-11+. The molecule has 0 saturated carbocycles. The van der Waals surface area contributed by atoms with E-state index in [4.69, 9.17) is 0 Å². The van der Waals surface area contributed by atoms with Crippen LogP contribution in [-0.4, -0.2) is 32.0 Å². The smallest absolute Gasteiger partial charge is 0.222 e. The molecule has 0 N–H and O–H groups in total. The lowest BCUT2D eigenvalue weighted by molar-refractivity contribution is -0.130. The summed E-state index contributed by atoms with van der Waals surface area (Å²) in [4.78, 5) is 14.2. The maximum atomic E-state index is 12.2. The van der Waals surface area contributed by atoms with Crippen molar-refractivity contribution < 1.29 is 4.79 Å². The van der Waals surface area contributed by atoms with E-state index in [0.29, 0.717) is 12.3 Å². The summed E-state index contributed by atoms with van der Waals surface area (Å²) in [6.45, 7) is 4.03. The Morgan fingerprint density at radius 1 is 0.920 bits per heavy atom. The van der Waals surface area contributed by atoms with Crippen LogP contribution < -0.4 is 10.4 Å². The Morgan fingerprint density at radius 2 is 1.52 bits per heavy atom. The summed E-state index contributed by atoms with van der Waals surface area (Å²) in [6, 6.07) is 21.6. The van der Waals surface area contributed by atoms with Crippen molar-refractivity contribution in [2.24, 2.45) is 0 Å². The highest BCUT2D eigenvalue weighted by atomic mass is 28.3. The second-order valence-electron chi connectivity index (χ2n) is 6.99. The van der Waals surface area contributed by atoms with E-state index in [0.717, 1.165) is 25.9 Å². The second kappa shape index (κ2) is 8.30. The fraction of sp³-hybridized carbons (Fsp3) is 0.318. The van der Waals surface area contributed by atoms with Crippen molar-refractivity contribution in [3.63, 3.8) is 0 Å². The fourth-order valence-electron chi connectivity index (χ4n) is 3.58. The third-order valence-electron chi connectivity index (χ3n) is 5.20. The molecule has 0 radical (unpaired) electrons. The summed E-state index contributed by atoms with van der Waals surface area (Å²) >= 11 is 0. The Kier molecular flexibility index (Phi) is 5.87. The van der Waals surface area contributed by atoms with Crippen molar-refractivity contribution in [2.75, 3.05) is 13.1 Å². The Morgan fingerprint density at radius 3 is 2.12 bits per heavy atom. The van der Waals surface area contributed by atoms with E-state index in [9.17, 15) is 4.79 Å². The van der Waals surface area contributed by atoms with Crippen LogP contribution in [0.25, 0.3) is 0 Å². The van der Waals surface area contributed by atoms with E-state index in [1.54, 1.807) is 0 Å². The first-order valence-corrected chi connectivity index (χ1v) is 11.8. The lowest BCUT2D eigenvalue weighted by Gasteiger charge is -2.26. The van der Waals surface area contributed by atoms with E-state index in [1.165, 1.54) is 16.8 Å². The zero-order chi connectivity index (χ0) is 17.5. The first-order chi connectivity index (χ1) is 12.2. The molecule has 0 spiro atoms. The fourth-order valence-corrected chi connectivity index (χ4v) is 6.64. The second-order valence-corrected chi connectivity index (χ2v) is 10.9. The highest BCUT2D eigenvalue weighted by Gasteiger charge is 2.28. The number of carbonyl (C=O) groups is 1. The Labute approximate surface area is 152 Å². The lowest BCUT2D eigenvalue weighted by Crippen LogP contribution is -2.54. The van der Waals surface area contributed by atoms with Crippen molar-refractivity contribution in [2.45, 2.75) is 32.2 Å². The van der Waals surface area contributed by atoms with Gasteiger partial charge in [-0.1, -0.05) is 95.8 Å². The van der Waals surface area contributed by atoms with Crippen LogP contribution in [0.5, 0.6) is 0 Å². The van der Waals surface area contributed by atoms with Gasteiger partial charge in [0.05, 0.1) is 0 Å². The third kappa shape index (κ3) is 4.29. The number of carbonyl (C=O) groups excluding carboxylic acids is 1. The minimum Gasteiger partial charge on any atom is -0.339 e. The topological polar surface area (TPSA) is 20.3 Å². The van der Waals surface area contributed by atoms with Crippen molar-refractivity contribution >= 4 is 24.4 Å². The van der Waals surface area contributed by atoms with Crippen molar-refractivity contribution in [1.29, 1.82) is 0 Å². The Bertz CT molecular complexity index is 672. The number of benzene rings is 2. The van der Waals surface area contributed by atoms with Gasteiger partial charge in [-0.25, -0.2) is 0 Å². The average molecular weight is 350 g/mol. The molecule has 0 aromatic heterocycles. The van der Waals surface area contributed by atoms with Crippen LogP contribution in [0, 0.1) is 0 Å². The molecule has 0 aliphatic carbocycles. The van der Waals surface area contributed by atoms with Crippen molar-refractivity contribution in [3.8, 4) is 0 Å². The molecule has 25 heavy (non-hydrogen) atoms. The van der Waals surface area contributed by atoms with Gasteiger partial charge in [0.2, 0.25) is 5.91 Å². The summed E-state index contributed by atoms with van der Waals surface area (Å²) in [7, 11) is -1.94. The number of amides is 1. The molecule has 3 rings (SSSR count). The van der Waals surface area contributed by atoms with Crippen LogP contribution in [0.1, 0.15) is 25.7 Å². The van der Waals surface area contributed by atoms with Gasteiger partial charge >= 0.3 is 0 Å². The molecule has 1 fully saturated rings. The van der Waals surface area contributed by atoms with Crippen LogP contribution in [0.4, 0.5) is 0 Å². The number of nitrogens with zero attached hydrogens (tertiary/aromatic N) is 1. The van der Waals surface area contributed by atoms with Gasteiger partial charge in [-0.2, -0.15) is 0 Å². The third-order valence-corrected chi connectivity index (χ3v) is 9.16. The van der Waals surface area contributed by atoms with Gasteiger partial charge in [-0.05, 0) is 12.8 Å². The molecule has 3 heteroatoms. The largest absolute Gasteiger partial charge is 0.339 e. The summed E-state index contributed by atoms with van der Waals surface area (Å²) in [5, 5.41) is 2.80. The molecule has 2 aromatic carbocycles. The monoisotopic (exact) mass is 349 g/mol. The highest BCUT2D eigenvalue weighted by Crippen LogP contribution is 2.12. The molecule has 1 heterocycles. The van der Waals surface area contributed by atoms with Gasteiger partial charge in [0.25, 0.3) is 0 Å². The number of hydrogen-bond donors (Lipinski definition) is 0. The minimum absolute atomic E-state index is 0.310. The average Bonchev–Trinajstić information content (AvgIpc) is 2.87. The minimum atomic E-state index is -1.94. The Balaban J connectivity index is 1.84. The maximum Gasteiger partial charge on any atom is 0.222 e. The molecule has 130 valence electrons. The molecule has 2 aromatic rings. The highest BCUT2D eigenvalue weighted by molar-refractivity contribution is 7.05. The predicted molar refractivity (Wildman–Crippen MR) is 108 cm³/mol. The zero-order valence-electron chi connectivity index (χ0n) is 15.0. The quantitative estimate of drug-likeness (QED) is 0.758. The SMILES string of the molecule is C[Si](/C=C/CN1CCCCCC1=O)(c1ccccc1)c1ccccc1. The molecular weight excluding hydrogens is 322 g/mol. The van der Waals surface area contributed by atoms with Crippen LogP contribution in [0.2, 0.25) is 6.55 Å². The molecule has 1 saturated heterocycles. The van der Waals surface area contributed by atoms with E-state index in [2.05, 4.69) is 79.0 Å². The van der Waals surface area contributed by atoms with Crippen LogP contribution >= 0.6 is 0 Å². The maximum absolute atomic E-state index is 12.2. The first kappa shape index (κ1) is 17.7. The van der Waals surface area contributed by atoms with Gasteiger partial charge in [-0.15, -0.1) is 0 Å². The molecule has 1 amide bonds. The molecular formula is C22H27NOSi. The van der Waals surface area contributed by atoms with Crippen molar-refractivity contribution in [3.05, 3.63) is 72.4 Å². The number of hydrogen-bond acceptors (Lipinski definition) is 1. The molecule has 0 atom stereocenters. The number of rotatable bonds is 5. The summed E-state index contributed by atoms with van der Waals surface area (Å²) in [5.41, 5.74) is 2.40. The van der Waals surface area contributed by atoms with Gasteiger partial charge in [0, 0.05) is 19.5 Å². The van der Waals surface area contributed by atoms with Gasteiger partial charge in [0.1, 0.15) is 8.07 Å². The Hall–Kier alpha value is -2.13. The molecule has 0 bridgehead atoms. The zero-order valence-corrected chi connectivity index (χ0v) is 16.0. The van der Waals surface area contributed by atoms with Crippen LogP contribution in [-0.2, 0) is 4.79 Å². The molecule has 1 aliphatic heterocycles. The van der Waals surface area contributed by atoms with Crippen molar-refractivity contribution in [1.82, 2.24) is 4.90 Å². The number of likely N-dealkylation sites (tertiary alicyclic amines) is 1. The summed E-state index contributed by atoms with van der Waals surface area (Å²) in [5.74, 6) is 0.310. The van der Waals surface area contributed by atoms with E-state index >= 15 is 0 Å². The van der Waals surface area contributed by atoms with Gasteiger partial charge in [-0.3, -0.25) is 4.79 Å². The van der Waals surface area contributed by atoms with E-state index in [-0.39, 0.29) is 0 Å². The van der Waals surface area contributed by atoms with Gasteiger partial charge < -0.3 is 4.90 Å². The first-order valence-electron chi connectivity index (χ1n) is 9.27. The van der Waals surface area contributed by atoms with E-state index < -0.39 is 8.07 Å². The predicted octanol–water partition coefficient (Wildman–Crippen LogP) is 3.38. The molecule has 2 nitrogen and oxygen atoms in total. The summed E-state index contributed by atoms with van der Waals surface area (Å²) in [6.07, 6.45) is 6.28. The molecule has 0 unspecified atom stereocenters. The summed E-state index contributed by atoms with van der Waals surface area (Å²) < 4.78 is 0. The van der Waals surface area contributed by atoms with Crippen LogP contribution in [0.15, 0.2) is 72.4 Å². The molecule has 1 aliphatic rings.